The molecule has 39 heavy (non-hydrogen) atoms. The summed E-state index contributed by atoms with van der Waals surface area (Å²) >= 11 is 0. The van der Waals surface area contributed by atoms with Gasteiger partial charge in [0.05, 0.1) is 6.10 Å². The maximum absolute atomic E-state index is 12.5. The highest BCUT2D eigenvalue weighted by Gasteiger charge is 2.14. The van der Waals surface area contributed by atoms with Gasteiger partial charge in [-0.05, 0) is 71.1 Å². The fourth-order valence-corrected chi connectivity index (χ4v) is 5.14. The second-order valence-corrected chi connectivity index (χ2v) is 11.6. The lowest BCUT2D eigenvalue weighted by molar-refractivity contribution is -0.150. The molecular weight excluding hydrogens is 492 g/mol. The number of hydrogen-bond donors (Lipinski definition) is 3. The summed E-state index contributed by atoms with van der Waals surface area (Å²) in [5.74, 6) is 0.227. The molecule has 0 rings (SSSR count). The van der Waals surface area contributed by atoms with Gasteiger partial charge in [-0.1, -0.05) is 89.9 Å². The third kappa shape index (κ3) is 29.8. The zero-order chi connectivity index (χ0) is 28.8. The Bertz CT molecular complexity index is 538. The number of esters is 1. The van der Waals surface area contributed by atoms with Crippen LogP contribution in [0.5, 0.6) is 0 Å². The van der Waals surface area contributed by atoms with Crippen molar-refractivity contribution in [2.75, 3.05) is 13.2 Å². The zero-order valence-electron chi connectivity index (χ0n) is 25.5. The van der Waals surface area contributed by atoms with Crippen LogP contribution in [0.1, 0.15) is 174 Å². The summed E-state index contributed by atoms with van der Waals surface area (Å²) in [5, 5.41) is 27.8. The number of ketones is 1. The molecule has 3 N–H and O–H groups in total. The average molecular weight is 557 g/mol. The number of unbranched alkanes of at least 4 members (excludes halogenated alkanes) is 16. The number of ether oxygens (including phenoxy) is 1. The highest BCUT2D eigenvalue weighted by molar-refractivity contribution is 5.75. The maximum Gasteiger partial charge on any atom is 0.306 e. The lowest BCUT2D eigenvalue weighted by Crippen LogP contribution is -2.18. The van der Waals surface area contributed by atoms with Crippen molar-refractivity contribution in [3.8, 4) is 0 Å². The fraction of sp³-hybridized carbons (Fsp3) is 0.939. The molecular formula is C33H64O6. The molecule has 6 heteroatoms. The van der Waals surface area contributed by atoms with Crippen LogP contribution in [0.25, 0.3) is 0 Å². The summed E-state index contributed by atoms with van der Waals surface area (Å²) in [6.45, 7) is 2.18. The Labute approximate surface area is 240 Å². The van der Waals surface area contributed by atoms with Gasteiger partial charge < -0.3 is 24.9 Å². The Hall–Kier alpha value is -0.980. The first-order valence-electron chi connectivity index (χ1n) is 16.6. The average Bonchev–Trinajstić information content (AvgIpc) is 2.91. The van der Waals surface area contributed by atoms with Crippen LogP contribution in [0.2, 0.25) is 0 Å². The smallest absolute Gasteiger partial charge is 0.306 e. The van der Waals surface area contributed by atoms with E-state index in [2.05, 4.69) is 0 Å². The first-order valence-corrected chi connectivity index (χ1v) is 16.6. The topological polar surface area (TPSA) is 104 Å². The molecule has 0 amide bonds. The lowest BCUT2D eigenvalue weighted by atomic mass is 10.0. The molecule has 2 atom stereocenters. The van der Waals surface area contributed by atoms with E-state index < -0.39 is 0 Å². The standard InChI is InChI=1S/C33H64O6/c1-30(36)22-14-6-2-4-8-17-25-32(26-18-11-13-21-29-35)39-33(38)27-19-9-5-3-7-15-23-31(37)24-16-10-12-20-28-34/h31-32,34-35,37H,2-29H2,1H3. The Balaban J connectivity index is 3.92. The van der Waals surface area contributed by atoms with E-state index in [1.165, 1.54) is 12.8 Å². The van der Waals surface area contributed by atoms with Gasteiger partial charge in [-0.2, -0.15) is 0 Å². The maximum atomic E-state index is 12.5. The fourth-order valence-electron chi connectivity index (χ4n) is 5.14. The number of carbonyl (C=O) groups excluding carboxylic acids is 2. The molecule has 0 aromatic carbocycles. The molecule has 0 aliphatic heterocycles. The summed E-state index contributed by atoms with van der Waals surface area (Å²) < 4.78 is 5.89. The molecule has 0 radical (unpaired) electrons. The normalized spacial score (nSPS) is 12.9. The van der Waals surface area contributed by atoms with Crippen LogP contribution in [-0.4, -0.2) is 52.5 Å². The number of aliphatic hydroxyl groups excluding tert-OH is 3. The van der Waals surface area contributed by atoms with E-state index in [0.717, 1.165) is 141 Å². The van der Waals surface area contributed by atoms with Crippen LogP contribution in [0, 0.1) is 0 Å². The summed E-state index contributed by atoms with van der Waals surface area (Å²) in [5.41, 5.74) is 0. The van der Waals surface area contributed by atoms with Crippen molar-refractivity contribution in [2.24, 2.45) is 0 Å². The number of rotatable bonds is 31. The van der Waals surface area contributed by atoms with Crippen LogP contribution < -0.4 is 0 Å². The first kappa shape index (κ1) is 38.0. The van der Waals surface area contributed by atoms with Crippen molar-refractivity contribution in [1.29, 1.82) is 0 Å². The molecule has 232 valence electrons. The van der Waals surface area contributed by atoms with E-state index in [-0.39, 0.29) is 37.2 Å². The van der Waals surface area contributed by atoms with E-state index in [1.807, 2.05) is 0 Å². The van der Waals surface area contributed by atoms with Crippen LogP contribution in [0.3, 0.4) is 0 Å². The minimum Gasteiger partial charge on any atom is -0.462 e. The van der Waals surface area contributed by atoms with Gasteiger partial charge in [0.25, 0.3) is 0 Å². The van der Waals surface area contributed by atoms with E-state index in [4.69, 9.17) is 14.9 Å². The molecule has 0 heterocycles. The first-order chi connectivity index (χ1) is 19.0. The van der Waals surface area contributed by atoms with Crippen LogP contribution in [0.4, 0.5) is 0 Å². The molecule has 0 aromatic rings. The third-order valence-corrected chi connectivity index (χ3v) is 7.65. The number of carbonyl (C=O) groups is 2. The highest BCUT2D eigenvalue weighted by Crippen LogP contribution is 2.18. The second-order valence-electron chi connectivity index (χ2n) is 11.6. The van der Waals surface area contributed by atoms with Crippen molar-refractivity contribution in [3.63, 3.8) is 0 Å². The number of aliphatic hydroxyl groups is 3. The second kappa shape index (κ2) is 30.0. The summed E-state index contributed by atoms with van der Waals surface area (Å²) in [7, 11) is 0. The molecule has 6 nitrogen and oxygen atoms in total. The molecule has 0 aromatic heterocycles. The van der Waals surface area contributed by atoms with E-state index >= 15 is 0 Å². The van der Waals surface area contributed by atoms with Crippen molar-refractivity contribution >= 4 is 11.8 Å². The Kier molecular flexibility index (Phi) is 29.2. The molecule has 2 unspecified atom stereocenters. The van der Waals surface area contributed by atoms with Gasteiger partial charge in [0.1, 0.15) is 11.9 Å². The van der Waals surface area contributed by atoms with Crippen molar-refractivity contribution in [3.05, 3.63) is 0 Å². The van der Waals surface area contributed by atoms with Crippen LogP contribution in [0.15, 0.2) is 0 Å². The van der Waals surface area contributed by atoms with Gasteiger partial charge in [-0.25, -0.2) is 0 Å². The van der Waals surface area contributed by atoms with Crippen molar-refractivity contribution in [2.45, 2.75) is 186 Å². The summed E-state index contributed by atoms with van der Waals surface area (Å²) in [6, 6.07) is 0. The molecule has 0 aliphatic rings. The molecule has 0 aliphatic carbocycles. The van der Waals surface area contributed by atoms with E-state index in [9.17, 15) is 14.7 Å². The van der Waals surface area contributed by atoms with Crippen molar-refractivity contribution < 1.29 is 29.6 Å². The quantitative estimate of drug-likeness (QED) is 0.0591. The summed E-state index contributed by atoms with van der Waals surface area (Å²) in [6.07, 6.45) is 25.9. The minimum atomic E-state index is -0.186. The Morgan fingerprint density at radius 2 is 0.872 bits per heavy atom. The molecule has 0 saturated carbocycles. The van der Waals surface area contributed by atoms with Crippen LogP contribution in [-0.2, 0) is 14.3 Å². The van der Waals surface area contributed by atoms with Crippen LogP contribution >= 0.6 is 0 Å². The van der Waals surface area contributed by atoms with Gasteiger partial charge in [0.2, 0.25) is 0 Å². The van der Waals surface area contributed by atoms with Gasteiger partial charge >= 0.3 is 5.97 Å². The highest BCUT2D eigenvalue weighted by atomic mass is 16.5. The largest absolute Gasteiger partial charge is 0.462 e. The zero-order valence-corrected chi connectivity index (χ0v) is 25.5. The SMILES string of the molecule is CC(=O)CCCCCCCCC(CCCCCCO)OC(=O)CCCCCCCCC(O)CCCCCCO. The van der Waals surface area contributed by atoms with Gasteiger partial charge in [0, 0.05) is 26.1 Å². The number of hydrogen-bond acceptors (Lipinski definition) is 6. The molecule has 0 spiro atoms. The monoisotopic (exact) mass is 556 g/mol. The Morgan fingerprint density at radius 3 is 1.31 bits per heavy atom. The summed E-state index contributed by atoms with van der Waals surface area (Å²) in [4.78, 5) is 23.5. The Morgan fingerprint density at radius 1 is 0.513 bits per heavy atom. The molecule has 0 saturated heterocycles. The predicted octanol–water partition coefficient (Wildman–Crippen LogP) is 7.98. The van der Waals surface area contributed by atoms with Gasteiger partial charge in [0.15, 0.2) is 0 Å². The van der Waals surface area contributed by atoms with E-state index in [0.29, 0.717) is 12.8 Å². The third-order valence-electron chi connectivity index (χ3n) is 7.65. The van der Waals surface area contributed by atoms with Gasteiger partial charge in [-0.15, -0.1) is 0 Å². The lowest BCUT2D eigenvalue weighted by Gasteiger charge is -2.18. The van der Waals surface area contributed by atoms with E-state index in [1.54, 1.807) is 6.92 Å². The molecule has 0 bridgehead atoms. The van der Waals surface area contributed by atoms with Gasteiger partial charge in [-0.3, -0.25) is 4.79 Å². The minimum absolute atomic E-state index is 0.0189. The number of Topliss-reactive ketones (excluding diaryl/α,β-unsaturated/α-hetero) is 1. The predicted molar refractivity (Wildman–Crippen MR) is 161 cm³/mol. The van der Waals surface area contributed by atoms with Crippen molar-refractivity contribution in [1.82, 2.24) is 0 Å². The molecule has 0 fully saturated rings.